The molecule has 4 aromatic carbocycles. The van der Waals surface area contributed by atoms with Crippen LogP contribution < -0.4 is 9.64 Å². The van der Waals surface area contributed by atoms with E-state index in [1.54, 1.807) is 0 Å². The molecule has 5 unspecified atom stereocenters. The van der Waals surface area contributed by atoms with Gasteiger partial charge in [0.1, 0.15) is 11.9 Å². The summed E-state index contributed by atoms with van der Waals surface area (Å²) in [6.45, 7) is 6.66. The fourth-order valence-electron chi connectivity index (χ4n) is 7.86. The Hall–Kier alpha value is -4.82. The Morgan fingerprint density at radius 2 is 1.45 bits per heavy atom. The van der Waals surface area contributed by atoms with Gasteiger partial charge in [-0.25, -0.2) is 0 Å². The average Bonchev–Trinajstić information content (AvgIpc) is 3.60. The Kier molecular flexibility index (Phi) is 6.52. The largest absolute Gasteiger partial charge is 0.485 e. The summed E-state index contributed by atoms with van der Waals surface area (Å²) in [5, 5.41) is 0. The number of hydrogen-bond acceptors (Lipinski definition) is 2. The van der Waals surface area contributed by atoms with Crippen molar-refractivity contribution in [3.63, 3.8) is 0 Å². The minimum absolute atomic E-state index is 0.0116. The lowest BCUT2D eigenvalue weighted by atomic mass is 9.81. The summed E-state index contributed by atoms with van der Waals surface area (Å²) in [7, 11) is 0. The SMILES string of the molecule is C/C=C1\c2ccccc2N(C2C=C(c3ccccc3C)C=CC2c2ccccc2)C1c1c(C)ccc2c1OC1C=CC=CC21. The van der Waals surface area contributed by atoms with Crippen molar-refractivity contribution in [2.24, 2.45) is 0 Å². The van der Waals surface area contributed by atoms with E-state index in [9.17, 15) is 0 Å². The number of fused-ring (bicyclic) bond motifs is 4. The van der Waals surface area contributed by atoms with E-state index in [1.165, 1.54) is 55.8 Å². The first kappa shape index (κ1) is 26.8. The van der Waals surface area contributed by atoms with Crippen LogP contribution in [0.1, 0.15) is 63.7 Å². The quantitative estimate of drug-likeness (QED) is 0.242. The van der Waals surface area contributed by atoms with Gasteiger partial charge in [-0.2, -0.15) is 0 Å². The second-order valence-electron chi connectivity index (χ2n) is 12.4. The lowest BCUT2D eigenvalue weighted by molar-refractivity contribution is 0.266. The number of ether oxygens (including phenoxy) is 1. The summed E-state index contributed by atoms with van der Waals surface area (Å²) in [4.78, 5) is 2.70. The molecule has 0 saturated carbocycles. The second kappa shape index (κ2) is 10.7. The predicted octanol–water partition coefficient (Wildman–Crippen LogP) is 10.0. The molecule has 0 bridgehead atoms. The smallest absolute Gasteiger partial charge is 0.130 e. The van der Waals surface area contributed by atoms with Gasteiger partial charge in [0.25, 0.3) is 0 Å². The van der Waals surface area contributed by atoms with Crippen LogP contribution in [0.4, 0.5) is 5.69 Å². The number of allylic oxidation sites excluding steroid dienone is 5. The predicted molar refractivity (Wildman–Crippen MR) is 183 cm³/mol. The van der Waals surface area contributed by atoms with Crippen LogP contribution in [-0.2, 0) is 0 Å². The molecule has 0 fully saturated rings. The van der Waals surface area contributed by atoms with E-state index in [0.29, 0.717) is 0 Å². The Morgan fingerprint density at radius 3 is 2.27 bits per heavy atom. The standard InChI is InChI=1S/C42H37NO/c1-4-31-34-18-10-12-20-37(34)43(41(31)40-28(3)22-24-36-35-19-11-13-21-39(35)44-42(36)40)38-26-30(32-17-9-8-14-27(32)2)23-25-33(38)29-15-6-5-7-16-29/h4-26,33,35,38-39,41H,1-3H3/b31-4+. The van der Waals surface area contributed by atoms with E-state index in [2.05, 4.69) is 165 Å². The normalized spacial score (nSPS) is 25.4. The molecular weight excluding hydrogens is 534 g/mol. The molecule has 4 aromatic rings. The van der Waals surface area contributed by atoms with Gasteiger partial charge in [0.2, 0.25) is 0 Å². The van der Waals surface area contributed by atoms with Crippen molar-refractivity contribution in [3.05, 3.63) is 179 Å². The van der Waals surface area contributed by atoms with Crippen LogP contribution in [0.5, 0.6) is 5.75 Å². The van der Waals surface area contributed by atoms with Crippen LogP contribution in [0.3, 0.4) is 0 Å². The van der Waals surface area contributed by atoms with Crippen LogP contribution in [-0.4, -0.2) is 12.1 Å². The number of para-hydroxylation sites is 1. The number of benzene rings is 4. The highest BCUT2D eigenvalue weighted by atomic mass is 16.5. The zero-order chi connectivity index (χ0) is 29.8. The van der Waals surface area contributed by atoms with E-state index in [1.807, 2.05) is 0 Å². The van der Waals surface area contributed by atoms with Gasteiger partial charge in [0.15, 0.2) is 0 Å². The van der Waals surface area contributed by atoms with Crippen molar-refractivity contribution in [2.75, 3.05) is 4.90 Å². The number of nitrogens with zero attached hydrogens (tertiary/aromatic N) is 1. The molecule has 0 amide bonds. The Balaban J connectivity index is 1.36. The van der Waals surface area contributed by atoms with Crippen molar-refractivity contribution in [2.45, 2.75) is 50.8 Å². The Bertz CT molecular complexity index is 1910. The Labute approximate surface area is 261 Å². The van der Waals surface area contributed by atoms with Gasteiger partial charge in [-0.1, -0.05) is 127 Å². The van der Waals surface area contributed by atoms with Gasteiger partial charge in [-0.15, -0.1) is 0 Å². The molecule has 216 valence electrons. The van der Waals surface area contributed by atoms with Crippen LogP contribution in [0.15, 0.2) is 140 Å². The van der Waals surface area contributed by atoms with Gasteiger partial charge < -0.3 is 9.64 Å². The first-order chi connectivity index (χ1) is 21.6. The molecule has 0 N–H and O–H groups in total. The summed E-state index contributed by atoms with van der Waals surface area (Å²) >= 11 is 0. The first-order valence-electron chi connectivity index (χ1n) is 15.8. The van der Waals surface area contributed by atoms with Gasteiger partial charge in [0, 0.05) is 34.2 Å². The number of anilines is 1. The minimum atomic E-state index is 0.0116. The molecule has 0 saturated heterocycles. The molecule has 2 heteroatoms. The molecule has 44 heavy (non-hydrogen) atoms. The molecular formula is C42H37NO. The maximum absolute atomic E-state index is 6.86. The highest BCUT2D eigenvalue weighted by Crippen LogP contribution is 2.57. The molecule has 2 aliphatic heterocycles. The molecule has 2 nitrogen and oxygen atoms in total. The summed E-state index contributed by atoms with van der Waals surface area (Å²) < 4.78 is 6.86. The lowest BCUT2D eigenvalue weighted by Gasteiger charge is -2.41. The van der Waals surface area contributed by atoms with E-state index >= 15 is 0 Å². The summed E-state index contributed by atoms with van der Waals surface area (Å²) in [6.07, 6.45) is 18.4. The van der Waals surface area contributed by atoms with Crippen molar-refractivity contribution in [1.29, 1.82) is 0 Å². The summed E-state index contributed by atoms with van der Waals surface area (Å²) in [5.74, 6) is 1.49. The third kappa shape index (κ3) is 4.16. The van der Waals surface area contributed by atoms with Crippen molar-refractivity contribution >= 4 is 16.8 Å². The van der Waals surface area contributed by atoms with Gasteiger partial charge in [-0.05, 0) is 66.3 Å². The highest BCUT2D eigenvalue weighted by Gasteiger charge is 2.45. The van der Waals surface area contributed by atoms with Gasteiger partial charge in [-0.3, -0.25) is 0 Å². The average molecular weight is 572 g/mol. The van der Waals surface area contributed by atoms with Gasteiger partial charge >= 0.3 is 0 Å². The third-order valence-corrected chi connectivity index (χ3v) is 9.96. The zero-order valence-electron chi connectivity index (χ0n) is 25.5. The number of hydrogen-bond donors (Lipinski definition) is 0. The molecule has 2 heterocycles. The van der Waals surface area contributed by atoms with E-state index in [4.69, 9.17) is 4.74 Å². The lowest BCUT2D eigenvalue weighted by Crippen LogP contribution is -2.40. The van der Waals surface area contributed by atoms with E-state index in [-0.39, 0.29) is 30.0 Å². The monoisotopic (exact) mass is 571 g/mol. The maximum Gasteiger partial charge on any atom is 0.130 e. The van der Waals surface area contributed by atoms with Crippen molar-refractivity contribution in [3.8, 4) is 5.75 Å². The molecule has 8 rings (SSSR count). The van der Waals surface area contributed by atoms with Crippen LogP contribution in [0, 0.1) is 13.8 Å². The number of aryl methyl sites for hydroxylation is 2. The molecule has 0 spiro atoms. The van der Waals surface area contributed by atoms with Crippen molar-refractivity contribution in [1.82, 2.24) is 0 Å². The minimum Gasteiger partial charge on any atom is -0.485 e. The molecule has 0 aromatic heterocycles. The molecule has 5 atom stereocenters. The van der Waals surface area contributed by atoms with Crippen LogP contribution in [0.25, 0.3) is 11.1 Å². The van der Waals surface area contributed by atoms with Crippen LogP contribution in [0.2, 0.25) is 0 Å². The summed E-state index contributed by atoms with van der Waals surface area (Å²) in [5.41, 5.74) is 13.0. The van der Waals surface area contributed by atoms with Gasteiger partial charge in [0.05, 0.1) is 12.1 Å². The fraction of sp³-hybridized carbons (Fsp3) is 0.190. The highest BCUT2D eigenvalue weighted by molar-refractivity contribution is 5.91. The summed E-state index contributed by atoms with van der Waals surface area (Å²) in [6, 6.07) is 33.4. The first-order valence-corrected chi connectivity index (χ1v) is 15.8. The Morgan fingerprint density at radius 1 is 0.705 bits per heavy atom. The second-order valence-corrected chi connectivity index (χ2v) is 12.4. The number of rotatable bonds is 4. The molecule has 2 aliphatic carbocycles. The van der Waals surface area contributed by atoms with E-state index < -0.39 is 0 Å². The molecule has 4 aliphatic rings. The zero-order valence-corrected chi connectivity index (χ0v) is 25.5. The fourth-order valence-corrected chi connectivity index (χ4v) is 7.86. The maximum atomic E-state index is 6.86. The van der Waals surface area contributed by atoms with Crippen LogP contribution >= 0.6 is 0 Å². The van der Waals surface area contributed by atoms with Crippen molar-refractivity contribution < 1.29 is 4.74 Å². The topological polar surface area (TPSA) is 12.5 Å². The third-order valence-electron chi connectivity index (χ3n) is 9.96. The van der Waals surface area contributed by atoms with E-state index in [0.717, 1.165) is 5.75 Å². The molecule has 0 radical (unpaired) electrons.